The van der Waals surface area contributed by atoms with Crippen molar-refractivity contribution < 1.29 is 38.4 Å². The van der Waals surface area contributed by atoms with Crippen molar-refractivity contribution in [2.24, 2.45) is 5.92 Å². The Morgan fingerprint density at radius 3 is 2.28 bits per heavy atom. The van der Waals surface area contributed by atoms with Gasteiger partial charge in [0.25, 0.3) is 5.91 Å². The zero-order valence-electron chi connectivity index (χ0n) is 29.8. The van der Waals surface area contributed by atoms with Gasteiger partial charge < -0.3 is 29.4 Å². The third kappa shape index (κ3) is 8.84. The number of ether oxygens (including phenoxy) is 4. The number of carbonyl (C=O) groups is 3. The molecular formula is C42H45N3O8. The number of aliphatic hydroxyl groups is 1. The molecular weight excluding hydrogens is 674 g/mol. The molecule has 4 aromatic rings. The fourth-order valence-corrected chi connectivity index (χ4v) is 7.10. The highest BCUT2D eigenvalue weighted by atomic mass is 16.7. The van der Waals surface area contributed by atoms with Crippen LogP contribution in [0.1, 0.15) is 53.6 Å². The summed E-state index contributed by atoms with van der Waals surface area (Å²) < 4.78 is 24.1. The maximum Gasteiger partial charge on any atom is 0.408 e. The normalized spacial score (nSPS) is 23.6. The van der Waals surface area contributed by atoms with Crippen LogP contribution in [0, 0.1) is 5.92 Å². The smallest absolute Gasteiger partial charge is 0.408 e. The summed E-state index contributed by atoms with van der Waals surface area (Å²) in [7, 11) is 0. The lowest BCUT2D eigenvalue weighted by Crippen LogP contribution is -2.47. The number of amides is 3. The van der Waals surface area contributed by atoms with Crippen LogP contribution in [0.5, 0.6) is 0 Å². The number of morpholine rings is 1. The molecule has 3 amide bonds. The molecule has 0 radical (unpaired) electrons. The number of likely N-dealkylation sites (tertiary alicyclic amines) is 1. The minimum absolute atomic E-state index is 0.0115. The van der Waals surface area contributed by atoms with E-state index in [-0.39, 0.29) is 50.2 Å². The van der Waals surface area contributed by atoms with E-state index >= 15 is 0 Å². The Hall–Kier alpha value is -4.91. The van der Waals surface area contributed by atoms with Crippen LogP contribution in [0.2, 0.25) is 0 Å². The molecule has 3 heterocycles. The largest absolute Gasteiger partial charge is 0.445 e. The van der Waals surface area contributed by atoms with Gasteiger partial charge >= 0.3 is 6.09 Å². The number of hydrogen-bond donors (Lipinski definition) is 2. The average Bonchev–Trinajstić information content (AvgIpc) is 3.45. The highest BCUT2D eigenvalue weighted by Gasteiger charge is 2.41. The van der Waals surface area contributed by atoms with E-state index < -0.39 is 24.3 Å². The fourth-order valence-electron chi connectivity index (χ4n) is 7.10. The maximum atomic E-state index is 13.2. The molecule has 0 spiro atoms. The summed E-state index contributed by atoms with van der Waals surface area (Å²) in [6, 6.07) is 32.0. The minimum atomic E-state index is -0.971. The molecule has 3 aliphatic rings. The van der Waals surface area contributed by atoms with Gasteiger partial charge in [-0.2, -0.15) is 0 Å². The van der Waals surface area contributed by atoms with Crippen molar-refractivity contribution >= 4 is 17.9 Å². The summed E-state index contributed by atoms with van der Waals surface area (Å²) in [6.07, 6.45) is -1.71. The van der Waals surface area contributed by atoms with Crippen LogP contribution in [0.4, 0.5) is 4.79 Å². The van der Waals surface area contributed by atoms with Gasteiger partial charge in [-0.05, 0) is 39.4 Å². The van der Waals surface area contributed by atoms with Crippen molar-refractivity contribution in [1.82, 2.24) is 15.1 Å². The van der Waals surface area contributed by atoms with E-state index in [4.69, 9.17) is 18.9 Å². The van der Waals surface area contributed by atoms with Crippen molar-refractivity contribution in [3.63, 3.8) is 0 Å². The first-order chi connectivity index (χ1) is 25.8. The second-order valence-corrected chi connectivity index (χ2v) is 13.8. The SMILES string of the molecule is C[C@H]1[C@@H](CN2CCOCC2)O[C@@H](c2ccc(-c3cccc(CN4C(=O)CC(NC(=O)OCc5ccccc5)C4=O)c3)cc2)O[C@H]1c1ccc(CO)cc1. The van der Waals surface area contributed by atoms with Crippen LogP contribution >= 0.6 is 0 Å². The van der Waals surface area contributed by atoms with Crippen LogP contribution in [0.25, 0.3) is 11.1 Å². The summed E-state index contributed by atoms with van der Waals surface area (Å²) in [5.74, 6) is -0.725. The zero-order chi connectivity index (χ0) is 36.7. The summed E-state index contributed by atoms with van der Waals surface area (Å²) in [6.45, 7) is 6.24. The van der Waals surface area contributed by atoms with Gasteiger partial charge in [0.1, 0.15) is 12.6 Å². The summed E-state index contributed by atoms with van der Waals surface area (Å²) in [4.78, 5) is 42.0. The number of carbonyl (C=O) groups excluding carboxylic acids is 3. The molecule has 11 heteroatoms. The summed E-state index contributed by atoms with van der Waals surface area (Å²) in [5.41, 5.74) is 6.29. The number of hydrogen-bond acceptors (Lipinski definition) is 9. The number of benzene rings is 4. The molecule has 3 saturated heterocycles. The standard InChI is InChI=1S/C42H45N3O8/c1-28-37(25-44-18-20-50-21-19-44)52-41(53-39(28)33-12-10-29(26-46)11-13-33)34-16-14-32(15-17-34)35-9-5-8-31(22-35)24-45-38(47)23-36(40(45)48)43-42(49)51-27-30-6-3-2-4-7-30/h2-17,22,28,36-37,39,41,46H,18-21,23-27H2,1H3,(H,43,49)/t28-,36?,37+,39+,41+/m0/s1. The highest BCUT2D eigenvalue weighted by molar-refractivity contribution is 6.06. The van der Waals surface area contributed by atoms with Gasteiger partial charge in [0.2, 0.25) is 5.91 Å². The molecule has 0 aliphatic carbocycles. The van der Waals surface area contributed by atoms with Crippen molar-refractivity contribution in [3.8, 4) is 11.1 Å². The fraction of sp³-hybridized carbons (Fsp3) is 0.357. The lowest BCUT2D eigenvalue weighted by atomic mass is 9.90. The molecule has 1 unspecified atom stereocenters. The highest BCUT2D eigenvalue weighted by Crippen LogP contribution is 2.42. The Balaban J connectivity index is 1.01. The first-order valence-electron chi connectivity index (χ1n) is 18.2. The van der Waals surface area contributed by atoms with Crippen molar-refractivity contribution in [2.45, 2.75) is 57.6 Å². The molecule has 5 atom stereocenters. The Morgan fingerprint density at radius 2 is 1.55 bits per heavy atom. The van der Waals surface area contributed by atoms with Crippen molar-refractivity contribution in [2.75, 3.05) is 32.8 Å². The molecule has 0 bridgehead atoms. The van der Waals surface area contributed by atoms with E-state index in [9.17, 15) is 19.5 Å². The molecule has 11 nitrogen and oxygen atoms in total. The second kappa shape index (κ2) is 16.8. The van der Waals surface area contributed by atoms with E-state index in [1.807, 2.05) is 103 Å². The first-order valence-corrected chi connectivity index (χ1v) is 18.2. The molecule has 53 heavy (non-hydrogen) atoms. The third-order valence-corrected chi connectivity index (χ3v) is 10.2. The van der Waals surface area contributed by atoms with Gasteiger partial charge in [0.15, 0.2) is 6.29 Å². The number of rotatable bonds is 11. The van der Waals surface area contributed by atoms with Crippen LogP contribution in [0.15, 0.2) is 103 Å². The van der Waals surface area contributed by atoms with Gasteiger partial charge in [-0.15, -0.1) is 0 Å². The number of alkyl carbamates (subject to hydrolysis) is 1. The average molecular weight is 720 g/mol. The molecule has 3 fully saturated rings. The number of nitrogens with one attached hydrogen (secondary N) is 1. The molecule has 276 valence electrons. The van der Waals surface area contributed by atoms with Gasteiger partial charge in [0, 0.05) is 31.1 Å². The second-order valence-electron chi connectivity index (χ2n) is 13.8. The molecule has 0 aromatic heterocycles. The van der Waals surface area contributed by atoms with Crippen LogP contribution in [-0.2, 0) is 48.3 Å². The monoisotopic (exact) mass is 719 g/mol. The van der Waals surface area contributed by atoms with E-state index in [0.29, 0.717) is 13.2 Å². The molecule has 2 N–H and O–H groups in total. The Labute approximate surface area is 309 Å². The van der Waals surface area contributed by atoms with E-state index in [0.717, 1.165) is 58.6 Å². The Kier molecular flexibility index (Phi) is 11.6. The van der Waals surface area contributed by atoms with Crippen LogP contribution in [-0.4, -0.2) is 77.8 Å². The Bertz CT molecular complexity index is 1860. The predicted octanol–water partition coefficient (Wildman–Crippen LogP) is 5.52. The van der Waals surface area contributed by atoms with Crippen molar-refractivity contribution in [3.05, 3.63) is 131 Å². The lowest BCUT2D eigenvalue weighted by molar-refractivity contribution is -0.277. The molecule has 0 saturated carbocycles. The van der Waals surface area contributed by atoms with E-state index in [1.165, 1.54) is 4.90 Å². The number of nitrogens with zero attached hydrogens (tertiary/aromatic N) is 2. The Morgan fingerprint density at radius 1 is 0.830 bits per heavy atom. The van der Waals surface area contributed by atoms with Gasteiger partial charge in [-0.25, -0.2) is 4.79 Å². The third-order valence-electron chi connectivity index (χ3n) is 10.2. The van der Waals surface area contributed by atoms with Crippen molar-refractivity contribution in [1.29, 1.82) is 0 Å². The van der Waals surface area contributed by atoms with Gasteiger partial charge in [-0.1, -0.05) is 104 Å². The lowest BCUT2D eigenvalue weighted by Gasteiger charge is -2.43. The zero-order valence-corrected chi connectivity index (χ0v) is 29.8. The van der Waals surface area contributed by atoms with Crippen LogP contribution in [0.3, 0.4) is 0 Å². The summed E-state index contributed by atoms with van der Waals surface area (Å²) >= 11 is 0. The predicted molar refractivity (Wildman–Crippen MR) is 196 cm³/mol. The quantitative estimate of drug-likeness (QED) is 0.193. The van der Waals surface area contributed by atoms with Crippen LogP contribution < -0.4 is 5.32 Å². The van der Waals surface area contributed by atoms with E-state index in [2.05, 4.69) is 17.1 Å². The summed E-state index contributed by atoms with van der Waals surface area (Å²) in [5, 5.41) is 12.1. The number of imide groups is 1. The van der Waals surface area contributed by atoms with Gasteiger partial charge in [-0.3, -0.25) is 19.4 Å². The van der Waals surface area contributed by atoms with E-state index in [1.54, 1.807) is 0 Å². The number of aliphatic hydroxyl groups excluding tert-OH is 1. The molecule has 3 aliphatic heterocycles. The minimum Gasteiger partial charge on any atom is -0.445 e. The van der Waals surface area contributed by atoms with Gasteiger partial charge in [0.05, 0.1) is 45.0 Å². The maximum absolute atomic E-state index is 13.2. The topological polar surface area (TPSA) is 127 Å². The molecule has 4 aromatic carbocycles. The molecule has 7 rings (SSSR count). The first kappa shape index (κ1) is 36.4.